The molecule has 2 nitrogen and oxygen atoms in total. The van der Waals surface area contributed by atoms with Crippen molar-refractivity contribution in [1.82, 2.24) is 0 Å². The van der Waals surface area contributed by atoms with Gasteiger partial charge < -0.3 is 5.32 Å². The summed E-state index contributed by atoms with van der Waals surface area (Å²) in [5.74, 6) is 0. The van der Waals surface area contributed by atoms with Crippen molar-refractivity contribution in [2.24, 2.45) is 4.99 Å². The zero-order valence-electron chi connectivity index (χ0n) is 17.5. The number of hydrogen-bond donors (Lipinski definition) is 1. The van der Waals surface area contributed by atoms with Crippen molar-refractivity contribution in [2.45, 2.75) is 59.8 Å². The van der Waals surface area contributed by atoms with Gasteiger partial charge in [-0.2, -0.15) is 0 Å². The van der Waals surface area contributed by atoms with E-state index in [2.05, 4.69) is 99.8 Å². The fourth-order valence-corrected chi connectivity index (χ4v) is 6.12. The minimum Gasteiger partial charge on any atom is -0.358 e. The van der Waals surface area contributed by atoms with Gasteiger partial charge in [0.1, 0.15) is 0 Å². The largest absolute Gasteiger partial charge is 0.358 e. The van der Waals surface area contributed by atoms with Gasteiger partial charge in [-0.3, -0.25) is 4.99 Å². The highest BCUT2D eigenvalue weighted by Crippen LogP contribution is 2.44. The van der Waals surface area contributed by atoms with Crippen LogP contribution in [-0.4, -0.2) is 15.2 Å². The summed E-state index contributed by atoms with van der Waals surface area (Å²) in [4.78, 5) is 7.53. The number of aliphatic imine (C=N–C) groups is 1. The normalized spacial score (nSPS) is 21.5. The van der Waals surface area contributed by atoms with Gasteiger partial charge in [-0.05, 0) is 64.1 Å². The van der Waals surface area contributed by atoms with E-state index in [4.69, 9.17) is 4.99 Å². The predicted molar refractivity (Wildman–Crippen MR) is 130 cm³/mol. The minimum atomic E-state index is 0.126. The summed E-state index contributed by atoms with van der Waals surface area (Å²) in [5, 5.41) is 3.64. The molecule has 1 N–H and O–H groups in total. The van der Waals surface area contributed by atoms with Crippen molar-refractivity contribution >= 4 is 40.6 Å². The second-order valence-corrected chi connectivity index (χ2v) is 12.3. The molecule has 0 aliphatic carbocycles. The molecule has 2 aliphatic heterocycles. The lowest BCUT2D eigenvalue weighted by Gasteiger charge is -2.22. The van der Waals surface area contributed by atoms with Gasteiger partial charge in [0, 0.05) is 43.5 Å². The first kappa shape index (κ1) is 20.4. The van der Waals surface area contributed by atoms with Crippen molar-refractivity contribution in [3.05, 3.63) is 72.5 Å². The average molecular weight is 421 g/mol. The Hall–Kier alpha value is -1.91. The van der Waals surface area contributed by atoms with Crippen LogP contribution in [0.3, 0.4) is 0 Å². The highest BCUT2D eigenvalue weighted by Gasteiger charge is 2.27. The van der Waals surface area contributed by atoms with Crippen molar-refractivity contribution in [2.75, 3.05) is 5.32 Å². The molecule has 0 amide bonds. The molecule has 0 saturated heterocycles. The third-order valence-corrected chi connectivity index (χ3v) is 7.43. The van der Waals surface area contributed by atoms with E-state index < -0.39 is 0 Å². The maximum atomic E-state index is 4.96. The van der Waals surface area contributed by atoms with Crippen LogP contribution >= 0.6 is 23.5 Å². The highest BCUT2D eigenvalue weighted by atomic mass is 32.2. The molecule has 150 valence electrons. The number of hydrogen-bond acceptors (Lipinski definition) is 4. The van der Waals surface area contributed by atoms with E-state index in [1.165, 1.54) is 21.2 Å². The van der Waals surface area contributed by atoms with Gasteiger partial charge in [-0.1, -0.05) is 30.3 Å². The summed E-state index contributed by atoms with van der Waals surface area (Å²) in [6.45, 7) is 9.21. The van der Waals surface area contributed by atoms with E-state index in [0.717, 1.165) is 24.2 Å². The van der Waals surface area contributed by atoms with Crippen LogP contribution in [0.25, 0.3) is 0 Å². The Kier molecular flexibility index (Phi) is 5.67. The number of nitrogens with one attached hydrogen (secondary N) is 1. The average Bonchev–Trinajstić information content (AvgIpc) is 2.85. The van der Waals surface area contributed by atoms with E-state index >= 15 is 0 Å². The fraction of sp³-hybridized carbons (Fsp3) is 0.320. The molecule has 2 heterocycles. The van der Waals surface area contributed by atoms with Crippen LogP contribution < -0.4 is 5.32 Å². The van der Waals surface area contributed by atoms with Crippen LogP contribution in [0.1, 0.15) is 40.5 Å². The predicted octanol–water partition coefficient (Wildman–Crippen LogP) is 7.86. The molecule has 0 bridgehead atoms. The molecule has 0 saturated carbocycles. The topological polar surface area (TPSA) is 24.4 Å². The molecular formula is C25H28N2S2. The van der Waals surface area contributed by atoms with Gasteiger partial charge in [-0.15, -0.1) is 23.5 Å². The van der Waals surface area contributed by atoms with Crippen molar-refractivity contribution in [3.63, 3.8) is 0 Å². The molecule has 29 heavy (non-hydrogen) atoms. The minimum absolute atomic E-state index is 0.126. The molecule has 4 heteroatoms. The zero-order chi connectivity index (χ0) is 20.5. The Bertz CT molecular complexity index is 999. The lowest BCUT2D eigenvalue weighted by atomic mass is 10.0. The van der Waals surface area contributed by atoms with Crippen LogP contribution in [0.4, 0.5) is 11.4 Å². The number of fused-ring (bicyclic) bond motifs is 2. The molecule has 2 aromatic rings. The zero-order valence-corrected chi connectivity index (χ0v) is 19.2. The molecule has 0 spiro atoms. The number of nitrogens with zero attached hydrogens (tertiary/aromatic N) is 1. The Morgan fingerprint density at radius 1 is 0.862 bits per heavy atom. The summed E-state index contributed by atoms with van der Waals surface area (Å²) in [7, 11) is 0. The first-order chi connectivity index (χ1) is 13.8. The monoisotopic (exact) mass is 420 g/mol. The van der Waals surface area contributed by atoms with Gasteiger partial charge in [0.15, 0.2) is 0 Å². The Morgan fingerprint density at radius 3 is 2.34 bits per heavy atom. The Balaban J connectivity index is 1.60. The SMILES string of the molecule is CC1(C)CC(C=CC=C2CC(C)(C)Sc3ccccc3N2)=Nc2ccccc2S1. The number of allylic oxidation sites excluding steroid dienone is 4. The molecule has 0 unspecified atom stereocenters. The quantitative estimate of drug-likeness (QED) is 0.535. The molecule has 0 radical (unpaired) electrons. The standard InChI is InChI=1S/C25H28N2S2/c1-24(2)16-18(26-20-12-5-7-14-22(20)28-24)10-9-11-19-17-25(3,4)29-23-15-8-6-13-21(23)27-19/h5-15,26H,16-17H2,1-4H3. The Labute approximate surface area is 183 Å². The second kappa shape index (κ2) is 8.08. The number of benzene rings is 2. The number of thioether (sulfide) groups is 2. The fourth-order valence-electron chi connectivity index (χ4n) is 3.74. The molecular weight excluding hydrogens is 392 g/mol. The van der Waals surface area contributed by atoms with E-state index in [9.17, 15) is 0 Å². The summed E-state index contributed by atoms with van der Waals surface area (Å²) in [5.41, 5.74) is 4.65. The Morgan fingerprint density at radius 2 is 1.52 bits per heavy atom. The van der Waals surface area contributed by atoms with Crippen molar-refractivity contribution in [1.29, 1.82) is 0 Å². The van der Waals surface area contributed by atoms with Crippen LogP contribution in [-0.2, 0) is 0 Å². The molecule has 0 atom stereocenters. The molecule has 0 fully saturated rings. The number of anilines is 1. The number of para-hydroxylation sites is 2. The highest BCUT2D eigenvalue weighted by molar-refractivity contribution is 8.01. The van der Waals surface area contributed by atoms with Crippen LogP contribution in [0.15, 0.2) is 87.2 Å². The van der Waals surface area contributed by atoms with Crippen LogP contribution in [0.5, 0.6) is 0 Å². The smallest absolute Gasteiger partial charge is 0.0768 e. The first-order valence-electron chi connectivity index (χ1n) is 10.1. The van der Waals surface area contributed by atoms with Crippen molar-refractivity contribution in [3.8, 4) is 0 Å². The van der Waals surface area contributed by atoms with E-state index in [1.807, 2.05) is 23.5 Å². The van der Waals surface area contributed by atoms with Crippen LogP contribution in [0, 0.1) is 0 Å². The maximum absolute atomic E-state index is 4.96. The number of rotatable bonds is 2. The van der Waals surface area contributed by atoms with E-state index in [0.29, 0.717) is 0 Å². The van der Waals surface area contributed by atoms with Gasteiger partial charge >= 0.3 is 0 Å². The first-order valence-corrected chi connectivity index (χ1v) is 11.7. The lowest BCUT2D eigenvalue weighted by molar-refractivity contribution is 0.708. The third kappa shape index (κ3) is 5.18. The summed E-state index contributed by atoms with van der Waals surface area (Å²) < 4.78 is 0.276. The van der Waals surface area contributed by atoms with E-state index in [1.54, 1.807) is 0 Å². The van der Waals surface area contributed by atoms with Gasteiger partial charge in [0.2, 0.25) is 0 Å². The van der Waals surface area contributed by atoms with Gasteiger partial charge in [0.05, 0.1) is 11.4 Å². The molecule has 2 aromatic carbocycles. The summed E-state index contributed by atoms with van der Waals surface area (Å²) in [6.07, 6.45) is 8.49. The lowest BCUT2D eigenvalue weighted by Crippen LogP contribution is -2.17. The van der Waals surface area contributed by atoms with Crippen LogP contribution in [0.2, 0.25) is 0 Å². The summed E-state index contributed by atoms with van der Waals surface area (Å²) in [6, 6.07) is 17.0. The maximum Gasteiger partial charge on any atom is 0.0768 e. The molecule has 2 aliphatic rings. The molecule has 0 aromatic heterocycles. The van der Waals surface area contributed by atoms with Gasteiger partial charge in [-0.25, -0.2) is 0 Å². The van der Waals surface area contributed by atoms with Crippen molar-refractivity contribution < 1.29 is 0 Å². The second-order valence-electron chi connectivity index (χ2n) is 8.82. The van der Waals surface area contributed by atoms with E-state index in [-0.39, 0.29) is 9.49 Å². The van der Waals surface area contributed by atoms with Gasteiger partial charge in [0.25, 0.3) is 0 Å². The molecule has 4 rings (SSSR count). The third-order valence-electron chi connectivity index (χ3n) is 4.89. The summed E-state index contributed by atoms with van der Waals surface area (Å²) >= 11 is 3.86.